The minimum absolute atomic E-state index is 0.190. The second-order valence-electron chi connectivity index (χ2n) is 11.7. The first-order valence-corrected chi connectivity index (χ1v) is 16.0. The molecule has 7 rings (SSSR count). The van der Waals surface area contributed by atoms with E-state index in [4.69, 9.17) is 13.6 Å². The fourth-order valence-electron chi connectivity index (χ4n) is 6.69. The highest BCUT2D eigenvalue weighted by Gasteiger charge is 2.39. The van der Waals surface area contributed by atoms with Gasteiger partial charge in [-0.25, -0.2) is 0 Å². The highest BCUT2D eigenvalue weighted by Crippen LogP contribution is 2.39. The van der Waals surface area contributed by atoms with E-state index in [0.717, 1.165) is 47.6 Å². The Labute approximate surface area is 274 Å². The van der Waals surface area contributed by atoms with Gasteiger partial charge in [0.05, 0.1) is 25.2 Å². The number of piperazine rings is 1. The summed E-state index contributed by atoms with van der Waals surface area (Å²) in [6.07, 6.45) is 1.94. The summed E-state index contributed by atoms with van der Waals surface area (Å²) in [5.74, 6) is 0.260. The number of piperidine rings is 1. The number of hydrogen-bond donors (Lipinski definition) is 1. The average Bonchev–Trinajstić information content (AvgIpc) is 3.70. The SMILES string of the molecule is [2H]C([2H])([2H])n1cc(-c2cc(OC)c(CN3CCN(c4ccc5c(c4)C(=O)N(C4CCC(=O)NC4=O)C5)CC3)c(OC)c2)c2sccc2c1=O. The summed E-state index contributed by atoms with van der Waals surface area (Å²) in [4.78, 5) is 56.4. The molecule has 2 aromatic heterocycles. The predicted molar refractivity (Wildman–Crippen MR) is 176 cm³/mol. The van der Waals surface area contributed by atoms with Gasteiger partial charge in [-0.15, -0.1) is 11.3 Å². The van der Waals surface area contributed by atoms with Crippen LogP contribution in [0.4, 0.5) is 5.69 Å². The van der Waals surface area contributed by atoms with Crippen LogP contribution in [0.5, 0.6) is 11.5 Å². The number of benzene rings is 2. The highest BCUT2D eigenvalue weighted by molar-refractivity contribution is 7.17. The third kappa shape index (κ3) is 5.21. The van der Waals surface area contributed by atoms with Crippen molar-refractivity contribution in [1.29, 1.82) is 0 Å². The van der Waals surface area contributed by atoms with Crippen LogP contribution >= 0.6 is 11.3 Å². The summed E-state index contributed by atoms with van der Waals surface area (Å²) < 4.78 is 36.9. The number of imide groups is 1. The summed E-state index contributed by atoms with van der Waals surface area (Å²) in [6.45, 7) is 1.18. The molecule has 1 atom stereocenters. The number of ether oxygens (including phenoxy) is 2. The van der Waals surface area contributed by atoms with Gasteiger partial charge in [0.15, 0.2) is 0 Å². The maximum absolute atomic E-state index is 13.3. The molecular weight excluding hydrogens is 606 g/mol. The van der Waals surface area contributed by atoms with Crippen molar-refractivity contribution >= 4 is 44.8 Å². The Morgan fingerprint density at radius 3 is 2.43 bits per heavy atom. The van der Waals surface area contributed by atoms with Gasteiger partial charge in [0.1, 0.15) is 17.5 Å². The van der Waals surface area contributed by atoms with Crippen LogP contribution in [0, 0.1) is 0 Å². The van der Waals surface area contributed by atoms with Crippen LogP contribution in [0.25, 0.3) is 21.2 Å². The van der Waals surface area contributed by atoms with Gasteiger partial charge < -0.3 is 23.8 Å². The molecule has 5 heterocycles. The molecule has 3 aliphatic heterocycles. The molecule has 46 heavy (non-hydrogen) atoms. The van der Waals surface area contributed by atoms with Gasteiger partial charge in [-0.05, 0) is 53.3 Å². The highest BCUT2D eigenvalue weighted by atomic mass is 32.1. The van der Waals surface area contributed by atoms with Crippen molar-refractivity contribution in [2.24, 2.45) is 6.98 Å². The number of rotatable bonds is 7. The van der Waals surface area contributed by atoms with Crippen LogP contribution in [0.2, 0.25) is 0 Å². The molecule has 3 amide bonds. The van der Waals surface area contributed by atoms with Gasteiger partial charge in [0.25, 0.3) is 11.5 Å². The topological polar surface area (TPSA) is 113 Å². The molecule has 0 saturated carbocycles. The van der Waals surface area contributed by atoms with Crippen LogP contribution < -0.4 is 25.2 Å². The number of carbonyl (C=O) groups is 3. The van der Waals surface area contributed by atoms with E-state index in [2.05, 4.69) is 15.1 Å². The number of fused-ring (bicyclic) bond motifs is 2. The quantitative estimate of drug-likeness (QED) is 0.305. The fourth-order valence-corrected chi connectivity index (χ4v) is 7.61. The number of aromatic nitrogens is 1. The summed E-state index contributed by atoms with van der Waals surface area (Å²) in [5.41, 5.74) is 3.97. The zero-order chi connectivity index (χ0) is 34.6. The number of carbonyl (C=O) groups excluding carboxylic acids is 3. The van der Waals surface area contributed by atoms with Crippen molar-refractivity contribution in [3.63, 3.8) is 0 Å². The van der Waals surface area contributed by atoms with E-state index in [1.807, 2.05) is 30.3 Å². The predicted octanol–water partition coefficient (Wildman–Crippen LogP) is 3.37. The smallest absolute Gasteiger partial charge is 0.259 e. The number of thiophene rings is 1. The Balaban J connectivity index is 1.08. The van der Waals surface area contributed by atoms with E-state index in [1.165, 1.54) is 17.5 Å². The Morgan fingerprint density at radius 2 is 1.74 bits per heavy atom. The van der Waals surface area contributed by atoms with E-state index < -0.39 is 24.5 Å². The Kier molecular flexibility index (Phi) is 6.87. The molecule has 0 radical (unpaired) electrons. The largest absolute Gasteiger partial charge is 0.496 e. The first-order valence-electron chi connectivity index (χ1n) is 16.6. The van der Waals surface area contributed by atoms with Crippen LogP contribution in [0.15, 0.2) is 52.8 Å². The first kappa shape index (κ1) is 26.5. The number of pyridine rings is 1. The first-order chi connectivity index (χ1) is 23.5. The van der Waals surface area contributed by atoms with Gasteiger partial charge in [0, 0.05) is 84.5 Å². The number of anilines is 1. The number of nitrogens with one attached hydrogen (secondary N) is 1. The van der Waals surface area contributed by atoms with E-state index in [0.29, 0.717) is 57.8 Å². The Morgan fingerprint density at radius 1 is 0.978 bits per heavy atom. The summed E-state index contributed by atoms with van der Waals surface area (Å²) in [5, 5.41) is 4.47. The van der Waals surface area contributed by atoms with Crippen LogP contribution in [-0.4, -0.2) is 78.5 Å². The number of methoxy groups -OCH3 is 2. The lowest BCUT2D eigenvalue weighted by atomic mass is 10.0. The lowest BCUT2D eigenvalue weighted by Crippen LogP contribution is -2.52. The average molecular weight is 645 g/mol. The molecular formula is C34H35N5O6S. The molecule has 2 aromatic carbocycles. The molecule has 4 aromatic rings. The van der Waals surface area contributed by atoms with Crippen molar-refractivity contribution in [2.75, 3.05) is 45.3 Å². The van der Waals surface area contributed by atoms with Crippen molar-refractivity contribution in [3.05, 3.63) is 75.0 Å². The second kappa shape index (κ2) is 11.9. The number of aryl methyl sites for hydroxylation is 1. The van der Waals surface area contributed by atoms with E-state index in [1.54, 1.807) is 30.6 Å². The molecule has 0 bridgehead atoms. The van der Waals surface area contributed by atoms with Crippen LogP contribution in [0.1, 0.15) is 38.4 Å². The molecule has 0 spiro atoms. The van der Waals surface area contributed by atoms with Gasteiger partial charge in [0.2, 0.25) is 11.8 Å². The molecule has 2 saturated heterocycles. The molecule has 1 N–H and O–H groups in total. The summed E-state index contributed by atoms with van der Waals surface area (Å²) >= 11 is 1.37. The van der Waals surface area contributed by atoms with Crippen LogP contribution in [0.3, 0.4) is 0 Å². The molecule has 3 aliphatic rings. The van der Waals surface area contributed by atoms with E-state index in [9.17, 15) is 19.2 Å². The second-order valence-corrected chi connectivity index (χ2v) is 12.7. The monoisotopic (exact) mass is 644 g/mol. The third-order valence-corrected chi connectivity index (χ3v) is 10.1. The molecule has 1 unspecified atom stereocenters. The molecule has 238 valence electrons. The number of hydrogen-bond acceptors (Lipinski definition) is 9. The zero-order valence-corrected chi connectivity index (χ0v) is 26.3. The van der Waals surface area contributed by atoms with Gasteiger partial charge >= 0.3 is 0 Å². The fraction of sp³-hybridized carbons (Fsp3) is 0.353. The summed E-state index contributed by atoms with van der Waals surface area (Å²) in [7, 11) is 3.17. The van der Waals surface area contributed by atoms with Crippen molar-refractivity contribution < 1.29 is 28.0 Å². The number of amides is 3. The normalized spacial score (nSPS) is 19.9. The lowest BCUT2D eigenvalue weighted by molar-refractivity contribution is -0.136. The Hall–Kier alpha value is -4.68. The minimum Gasteiger partial charge on any atom is -0.496 e. The van der Waals surface area contributed by atoms with Crippen LogP contribution in [-0.2, 0) is 29.7 Å². The number of nitrogens with zero attached hydrogens (tertiary/aromatic N) is 4. The van der Waals surface area contributed by atoms with Crippen molar-refractivity contribution in [1.82, 2.24) is 19.7 Å². The Bertz CT molecular complexity index is 2030. The van der Waals surface area contributed by atoms with E-state index >= 15 is 0 Å². The lowest BCUT2D eigenvalue weighted by Gasteiger charge is -2.36. The molecule has 11 nitrogen and oxygen atoms in total. The maximum atomic E-state index is 13.3. The third-order valence-electron chi connectivity index (χ3n) is 9.17. The standard InChI is InChI=1S/C34H35N5O6S/c1-36-18-25(31-23(33(36)42)8-13-46-31)21-14-28(44-2)26(29(15-21)45-3)19-37-9-11-38(12-10-37)22-5-4-20-17-39(34(43)24(20)16-22)27-6-7-30(40)35-32(27)41/h4-5,8,13-16,18,27H,6-7,9-12,17,19H2,1-3H3,(H,35,40,41)/i1D3. The van der Waals surface area contributed by atoms with Crippen molar-refractivity contribution in [3.8, 4) is 22.6 Å². The minimum atomic E-state index is -2.64. The van der Waals surface area contributed by atoms with Gasteiger partial charge in [-0.2, -0.15) is 0 Å². The molecule has 12 heteroatoms. The van der Waals surface area contributed by atoms with Gasteiger partial charge in [-0.1, -0.05) is 6.07 Å². The maximum Gasteiger partial charge on any atom is 0.259 e. The van der Waals surface area contributed by atoms with Gasteiger partial charge in [-0.3, -0.25) is 29.4 Å². The summed E-state index contributed by atoms with van der Waals surface area (Å²) in [6, 6.07) is 10.6. The molecule has 0 aliphatic carbocycles. The zero-order valence-electron chi connectivity index (χ0n) is 28.5. The van der Waals surface area contributed by atoms with E-state index in [-0.39, 0.29) is 18.2 Å². The molecule has 2 fully saturated rings. The van der Waals surface area contributed by atoms with Crippen molar-refractivity contribution in [2.45, 2.75) is 32.0 Å².